The van der Waals surface area contributed by atoms with E-state index >= 15 is 0 Å². The predicted molar refractivity (Wildman–Crippen MR) is 112 cm³/mol. The van der Waals surface area contributed by atoms with Crippen LogP contribution in [0.25, 0.3) is 17.0 Å². The highest BCUT2D eigenvalue weighted by Gasteiger charge is 2.19. The topological polar surface area (TPSA) is 96.2 Å². The van der Waals surface area contributed by atoms with Crippen molar-refractivity contribution < 1.29 is 14.2 Å². The molecule has 2 aromatic heterocycles. The minimum atomic E-state index is 0.188. The summed E-state index contributed by atoms with van der Waals surface area (Å²) in [6, 6.07) is 16.4. The number of fused-ring (bicyclic) bond motifs is 1. The van der Waals surface area contributed by atoms with Gasteiger partial charge in [0.1, 0.15) is 0 Å². The lowest BCUT2D eigenvalue weighted by Crippen LogP contribution is -2.11. The van der Waals surface area contributed by atoms with Crippen molar-refractivity contribution in [3.63, 3.8) is 0 Å². The van der Waals surface area contributed by atoms with Crippen LogP contribution in [0.15, 0.2) is 48.5 Å². The number of rotatable bonds is 8. The van der Waals surface area contributed by atoms with Crippen LogP contribution in [0.4, 0.5) is 5.95 Å². The lowest BCUT2D eigenvalue weighted by Gasteiger charge is -2.10. The highest BCUT2D eigenvalue weighted by molar-refractivity contribution is 5.81. The van der Waals surface area contributed by atoms with Crippen LogP contribution in [0.3, 0.4) is 0 Å². The van der Waals surface area contributed by atoms with E-state index in [1.165, 1.54) is 7.11 Å². The number of hydrogen-bond donors (Lipinski definition) is 1. The molecule has 2 aromatic carbocycles. The summed E-state index contributed by atoms with van der Waals surface area (Å²) in [5.74, 6) is 0.726. The van der Waals surface area contributed by atoms with E-state index in [4.69, 9.17) is 14.2 Å². The molecule has 4 aromatic rings. The van der Waals surface area contributed by atoms with Crippen LogP contribution in [0, 0.1) is 0 Å². The van der Waals surface area contributed by atoms with E-state index in [1.54, 1.807) is 18.8 Å². The van der Waals surface area contributed by atoms with Gasteiger partial charge in [0.05, 0.1) is 31.9 Å². The van der Waals surface area contributed by atoms with Crippen LogP contribution in [-0.2, 0) is 17.9 Å². The van der Waals surface area contributed by atoms with Crippen LogP contribution in [0.2, 0.25) is 0 Å². The quantitative estimate of drug-likeness (QED) is 0.477. The fourth-order valence-corrected chi connectivity index (χ4v) is 3.13. The van der Waals surface area contributed by atoms with E-state index in [1.807, 2.05) is 48.5 Å². The van der Waals surface area contributed by atoms with Crippen LogP contribution < -0.4 is 14.8 Å². The van der Waals surface area contributed by atoms with Gasteiger partial charge in [-0.05, 0) is 11.6 Å². The molecule has 2 heterocycles. The van der Waals surface area contributed by atoms with Gasteiger partial charge in [-0.25, -0.2) is 4.57 Å². The number of nitrogens with zero attached hydrogens (tertiary/aromatic N) is 5. The molecule has 0 aliphatic carbocycles. The first-order valence-corrected chi connectivity index (χ1v) is 9.35. The molecule has 0 radical (unpaired) electrons. The number of imidazole rings is 1. The normalized spacial score (nSPS) is 10.9. The molecule has 0 saturated carbocycles. The zero-order chi connectivity index (χ0) is 20.9. The van der Waals surface area contributed by atoms with E-state index in [9.17, 15) is 0 Å². The number of hydrogen-bond acceptors (Lipinski definition) is 8. The first-order valence-electron chi connectivity index (χ1n) is 9.35. The number of ether oxygens (including phenoxy) is 3. The van der Waals surface area contributed by atoms with E-state index in [2.05, 4.69) is 25.3 Å². The highest BCUT2D eigenvalue weighted by Crippen LogP contribution is 2.28. The third kappa shape index (κ3) is 3.87. The molecule has 0 aliphatic rings. The largest absolute Gasteiger partial charge is 0.468 e. The Morgan fingerprint density at radius 3 is 2.43 bits per heavy atom. The first-order chi connectivity index (χ1) is 14.7. The molecule has 30 heavy (non-hydrogen) atoms. The summed E-state index contributed by atoms with van der Waals surface area (Å²) < 4.78 is 17.8. The van der Waals surface area contributed by atoms with Crippen LogP contribution in [0.5, 0.6) is 12.0 Å². The van der Waals surface area contributed by atoms with Crippen LogP contribution in [-0.4, -0.2) is 45.8 Å². The molecule has 9 nitrogen and oxygen atoms in total. The number of nitrogens with one attached hydrogen (secondary N) is 1. The van der Waals surface area contributed by atoms with Crippen LogP contribution >= 0.6 is 0 Å². The summed E-state index contributed by atoms with van der Waals surface area (Å²) in [4.78, 5) is 17.9. The maximum absolute atomic E-state index is 5.51. The third-order valence-corrected chi connectivity index (χ3v) is 4.50. The Balaban J connectivity index is 1.77. The summed E-state index contributed by atoms with van der Waals surface area (Å²) in [6.45, 7) is 0.995. The van der Waals surface area contributed by atoms with Crippen molar-refractivity contribution in [1.82, 2.24) is 24.5 Å². The first kappa shape index (κ1) is 19.6. The van der Waals surface area contributed by atoms with Gasteiger partial charge in [-0.3, -0.25) is 0 Å². The van der Waals surface area contributed by atoms with Gasteiger partial charge < -0.3 is 19.5 Å². The average Bonchev–Trinajstić information content (AvgIpc) is 3.18. The van der Waals surface area contributed by atoms with E-state index in [0.29, 0.717) is 31.1 Å². The van der Waals surface area contributed by atoms with Gasteiger partial charge in [-0.2, -0.15) is 19.9 Å². The third-order valence-electron chi connectivity index (χ3n) is 4.50. The van der Waals surface area contributed by atoms with Crippen molar-refractivity contribution in [1.29, 1.82) is 0 Å². The number of methoxy groups -OCH3 is 3. The highest BCUT2D eigenvalue weighted by atomic mass is 16.5. The maximum atomic E-state index is 5.51. The zero-order valence-corrected chi connectivity index (χ0v) is 17.0. The maximum Gasteiger partial charge on any atom is 0.322 e. The van der Waals surface area contributed by atoms with Crippen molar-refractivity contribution in [3.8, 4) is 18.0 Å². The van der Waals surface area contributed by atoms with Gasteiger partial charge in [0.2, 0.25) is 11.9 Å². The molecule has 0 unspecified atom stereocenters. The Hall–Kier alpha value is -3.72. The fraction of sp³-hybridized carbons (Fsp3) is 0.238. The minimum Gasteiger partial charge on any atom is -0.468 e. The van der Waals surface area contributed by atoms with Gasteiger partial charge >= 0.3 is 12.0 Å². The molecule has 154 valence electrons. The SMILES string of the molecule is COCc1cccc2c1nc(OC)n2-c1nc(NCc2ccccc2)nc(OC)n1. The van der Waals surface area contributed by atoms with E-state index in [0.717, 1.165) is 22.2 Å². The summed E-state index contributed by atoms with van der Waals surface area (Å²) in [7, 11) is 4.72. The standard InChI is InChI=1S/C21H22N6O3/c1-28-13-15-10-7-11-16-17(15)23-21(30-3)27(16)19-24-18(25-20(26-19)29-2)22-12-14-8-5-4-6-9-14/h4-11H,12-13H2,1-3H3,(H,22,24,25,26). The lowest BCUT2D eigenvalue weighted by atomic mass is 10.2. The van der Waals surface area contributed by atoms with Gasteiger partial charge in [-0.15, -0.1) is 0 Å². The van der Waals surface area contributed by atoms with Gasteiger partial charge in [0.15, 0.2) is 0 Å². The molecule has 0 fully saturated rings. The van der Waals surface area contributed by atoms with Crippen molar-refractivity contribution in [2.75, 3.05) is 26.6 Å². The minimum absolute atomic E-state index is 0.188. The number of para-hydroxylation sites is 1. The molecule has 0 aliphatic heterocycles. The monoisotopic (exact) mass is 406 g/mol. The number of aromatic nitrogens is 5. The summed E-state index contributed by atoms with van der Waals surface area (Å²) in [6.07, 6.45) is 0. The van der Waals surface area contributed by atoms with Gasteiger partial charge in [-0.1, -0.05) is 42.5 Å². The Kier molecular flexibility index (Phi) is 5.71. The summed E-state index contributed by atoms with van der Waals surface area (Å²) >= 11 is 0. The van der Waals surface area contributed by atoms with Crippen molar-refractivity contribution in [3.05, 3.63) is 59.7 Å². The molecule has 0 bridgehead atoms. The van der Waals surface area contributed by atoms with E-state index in [-0.39, 0.29) is 6.01 Å². The summed E-state index contributed by atoms with van der Waals surface area (Å²) in [5, 5.41) is 3.22. The molecule has 1 N–H and O–H groups in total. The smallest absolute Gasteiger partial charge is 0.322 e. The molecular weight excluding hydrogens is 384 g/mol. The number of benzene rings is 2. The van der Waals surface area contributed by atoms with Crippen LogP contribution in [0.1, 0.15) is 11.1 Å². The molecule has 0 spiro atoms. The molecule has 9 heteroatoms. The van der Waals surface area contributed by atoms with Crippen molar-refractivity contribution in [2.24, 2.45) is 0 Å². The Bertz CT molecular complexity index is 1150. The Morgan fingerprint density at radius 1 is 0.867 bits per heavy atom. The second-order valence-corrected chi connectivity index (χ2v) is 6.44. The lowest BCUT2D eigenvalue weighted by molar-refractivity contribution is 0.186. The van der Waals surface area contributed by atoms with Crippen molar-refractivity contribution in [2.45, 2.75) is 13.2 Å². The molecular formula is C21H22N6O3. The Morgan fingerprint density at radius 2 is 1.70 bits per heavy atom. The van der Waals surface area contributed by atoms with Gasteiger partial charge in [0.25, 0.3) is 0 Å². The molecule has 0 amide bonds. The van der Waals surface area contributed by atoms with E-state index < -0.39 is 0 Å². The fourth-order valence-electron chi connectivity index (χ4n) is 3.13. The van der Waals surface area contributed by atoms with Crippen molar-refractivity contribution >= 4 is 17.0 Å². The zero-order valence-electron chi connectivity index (χ0n) is 17.0. The second kappa shape index (κ2) is 8.75. The Labute approximate surface area is 173 Å². The number of anilines is 1. The second-order valence-electron chi connectivity index (χ2n) is 6.44. The molecule has 4 rings (SSSR count). The predicted octanol–water partition coefficient (Wildman–Crippen LogP) is 2.99. The molecule has 0 saturated heterocycles. The van der Waals surface area contributed by atoms with Gasteiger partial charge in [0, 0.05) is 19.2 Å². The average molecular weight is 406 g/mol. The molecule has 0 atom stereocenters. The summed E-state index contributed by atoms with van der Waals surface area (Å²) in [5.41, 5.74) is 3.60.